The summed E-state index contributed by atoms with van der Waals surface area (Å²) in [6.07, 6.45) is 1.86. The molecule has 0 aromatic carbocycles. The number of nitrogens with one attached hydrogen (secondary N) is 1. The molecule has 1 atom stereocenters. The van der Waals surface area contributed by atoms with Crippen LogP contribution in [0.1, 0.15) is 47.5 Å². The Labute approximate surface area is 104 Å². The molecule has 0 aliphatic rings. The van der Waals surface area contributed by atoms with Crippen molar-refractivity contribution in [3.8, 4) is 0 Å². The molecule has 0 aromatic heterocycles. The summed E-state index contributed by atoms with van der Waals surface area (Å²) in [6, 6.07) is 0. The summed E-state index contributed by atoms with van der Waals surface area (Å²) < 4.78 is 0. The van der Waals surface area contributed by atoms with E-state index in [9.17, 15) is 9.59 Å². The third kappa shape index (κ3) is 5.20. The predicted octanol–water partition coefficient (Wildman–Crippen LogP) is 1.69. The van der Waals surface area contributed by atoms with Crippen LogP contribution in [0.3, 0.4) is 0 Å². The number of primary amides is 1. The normalized spacial score (nSPS) is 13.5. The van der Waals surface area contributed by atoms with Gasteiger partial charge in [-0.15, -0.1) is 0 Å². The van der Waals surface area contributed by atoms with Gasteiger partial charge in [0.25, 0.3) is 0 Å². The molecule has 0 bridgehead atoms. The van der Waals surface area contributed by atoms with Crippen molar-refractivity contribution in [3.05, 3.63) is 0 Å². The van der Waals surface area contributed by atoms with Gasteiger partial charge in [-0.05, 0) is 26.2 Å². The zero-order chi connectivity index (χ0) is 13.6. The summed E-state index contributed by atoms with van der Waals surface area (Å²) in [4.78, 5) is 23.1. The Morgan fingerprint density at radius 2 is 1.82 bits per heavy atom. The molecule has 4 nitrogen and oxygen atoms in total. The van der Waals surface area contributed by atoms with Crippen molar-refractivity contribution in [2.45, 2.75) is 47.5 Å². The molecular formula is C13H26N2O2. The molecule has 3 N–H and O–H groups in total. The lowest BCUT2D eigenvalue weighted by Crippen LogP contribution is -2.44. The Morgan fingerprint density at radius 3 is 2.18 bits per heavy atom. The van der Waals surface area contributed by atoms with Crippen LogP contribution in [-0.2, 0) is 9.59 Å². The standard InChI is InChI=1S/C13H26N2O2/c1-6-7-10(9(2)3)11(16)15-8-13(4,5)12(14)17/h9-10H,6-8H2,1-5H3,(H2,14,17)(H,15,16). The van der Waals surface area contributed by atoms with E-state index in [4.69, 9.17) is 5.73 Å². The van der Waals surface area contributed by atoms with Crippen LogP contribution in [-0.4, -0.2) is 18.4 Å². The third-order valence-electron chi connectivity index (χ3n) is 3.11. The summed E-state index contributed by atoms with van der Waals surface area (Å²) >= 11 is 0. The van der Waals surface area contributed by atoms with Gasteiger partial charge in [0.15, 0.2) is 0 Å². The van der Waals surface area contributed by atoms with Gasteiger partial charge in [0.05, 0.1) is 5.41 Å². The van der Waals surface area contributed by atoms with Crippen LogP contribution < -0.4 is 11.1 Å². The molecule has 100 valence electrons. The highest BCUT2D eigenvalue weighted by molar-refractivity contribution is 5.82. The van der Waals surface area contributed by atoms with Gasteiger partial charge in [-0.2, -0.15) is 0 Å². The largest absolute Gasteiger partial charge is 0.369 e. The fraction of sp³-hybridized carbons (Fsp3) is 0.846. The lowest BCUT2D eigenvalue weighted by molar-refractivity contribution is -0.129. The Balaban J connectivity index is 4.38. The molecule has 0 aliphatic carbocycles. The second-order valence-electron chi connectivity index (χ2n) is 5.61. The molecule has 0 aliphatic heterocycles. The summed E-state index contributed by atoms with van der Waals surface area (Å²) in [7, 11) is 0. The van der Waals surface area contributed by atoms with E-state index >= 15 is 0 Å². The van der Waals surface area contributed by atoms with E-state index in [2.05, 4.69) is 12.2 Å². The quantitative estimate of drug-likeness (QED) is 0.713. The lowest BCUT2D eigenvalue weighted by atomic mass is 9.89. The van der Waals surface area contributed by atoms with Crippen molar-refractivity contribution in [1.82, 2.24) is 5.32 Å². The first kappa shape index (κ1) is 15.9. The van der Waals surface area contributed by atoms with E-state index in [0.717, 1.165) is 12.8 Å². The predicted molar refractivity (Wildman–Crippen MR) is 69.2 cm³/mol. The Kier molecular flexibility index (Phi) is 6.21. The van der Waals surface area contributed by atoms with Crippen molar-refractivity contribution >= 4 is 11.8 Å². The molecular weight excluding hydrogens is 216 g/mol. The van der Waals surface area contributed by atoms with Gasteiger partial charge in [-0.3, -0.25) is 9.59 Å². The molecule has 0 aromatic rings. The average molecular weight is 242 g/mol. The van der Waals surface area contributed by atoms with Crippen molar-refractivity contribution in [3.63, 3.8) is 0 Å². The van der Waals surface area contributed by atoms with Crippen molar-refractivity contribution in [1.29, 1.82) is 0 Å². The first-order chi connectivity index (χ1) is 7.72. The number of carbonyl (C=O) groups excluding carboxylic acids is 2. The van der Waals surface area contributed by atoms with E-state index in [1.165, 1.54) is 0 Å². The van der Waals surface area contributed by atoms with Crippen LogP contribution in [0.5, 0.6) is 0 Å². The molecule has 0 saturated heterocycles. The minimum atomic E-state index is -0.691. The van der Waals surface area contributed by atoms with Gasteiger partial charge in [-0.25, -0.2) is 0 Å². The highest BCUT2D eigenvalue weighted by Crippen LogP contribution is 2.18. The monoisotopic (exact) mass is 242 g/mol. The molecule has 0 saturated carbocycles. The minimum absolute atomic E-state index is 0.0173. The number of amides is 2. The number of nitrogens with two attached hydrogens (primary N) is 1. The van der Waals surface area contributed by atoms with Crippen molar-refractivity contribution in [2.24, 2.45) is 23.0 Å². The fourth-order valence-electron chi connectivity index (χ4n) is 1.60. The smallest absolute Gasteiger partial charge is 0.224 e. The summed E-state index contributed by atoms with van der Waals surface area (Å²) in [6.45, 7) is 9.92. The van der Waals surface area contributed by atoms with Crippen LogP contribution in [0.25, 0.3) is 0 Å². The van der Waals surface area contributed by atoms with Crippen LogP contribution >= 0.6 is 0 Å². The summed E-state index contributed by atoms with van der Waals surface area (Å²) in [5.74, 6) is -0.0409. The number of carbonyl (C=O) groups is 2. The average Bonchev–Trinajstić information content (AvgIpc) is 2.22. The van der Waals surface area contributed by atoms with Gasteiger partial charge in [0.1, 0.15) is 0 Å². The number of rotatable bonds is 7. The van der Waals surface area contributed by atoms with Crippen LogP contribution in [0, 0.1) is 17.3 Å². The van der Waals surface area contributed by atoms with Crippen LogP contribution in [0.2, 0.25) is 0 Å². The molecule has 0 heterocycles. The minimum Gasteiger partial charge on any atom is -0.369 e. The zero-order valence-electron chi connectivity index (χ0n) is 11.7. The van der Waals surface area contributed by atoms with Crippen molar-refractivity contribution in [2.75, 3.05) is 6.54 Å². The molecule has 4 heteroatoms. The topological polar surface area (TPSA) is 72.2 Å². The first-order valence-electron chi connectivity index (χ1n) is 6.30. The second kappa shape index (κ2) is 6.62. The van der Waals surface area contributed by atoms with E-state index in [-0.39, 0.29) is 11.8 Å². The number of hydrogen-bond acceptors (Lipinski definition) is 2. The molecule has 1 unspecified atom stereocenters. The van der Waals surface area contributed by atoms with E-state index in [1.807, 2.05) is 13.8 Å². The fourth-order valence-corrected chi connectivity index (χ4v) is 1.60. The molecule has 17 heavy (non-hydrogen) atoms. The van der Waals surface area contributed by atoms with E-state index in [0.29, 0.717) is 12.5 Å². The van der Waals surface area contributed by atoms with E-state index in [1.54, 1.807) is 13.8 Å². The second-order valence-corrected chi connectivity index (χ2v) is 5.61. The summed E-state index contributed by atoms with van der Waals surface area (Å²) in [5, 5.41) is 2.83. The molecule has 0 fully saturated rings. The Morgan fingerprint density at radius 1 is 1.29 bits per heavy atom. The Hall–Kier alpha value is -1.06. The van der Waals surface area contributed by atoms with Gasteiger partial charge < -0.3 is 11.1 Å². The highest BCUT2D eigenvalue weighted by Gasteiger charge is 2.28. The van der Waals surface area contributed by atoms with Gasteiger partial charge in [-0.1, -0.05) is 27.2 Å². The highest BCUT2D eigenvalue weighted by atomic mass is 16.2. The molecule has 0 rings (SSSR count). The third-order valence-corrected chi connectivity index (χ3v) is 3.11. The maximum atomic E-state index is 12.0. The van der Waals surface area contributed by atoms with Gasteiger partial charge in [0.2, 0.25) is 11.8 Å². The van der Waals surface area contributed by atoms with Gasteiger partial charge >= 0.3 is 0 Å². The summed E-state index contributed by atoms with van der Waals surface area (Å²) in [5.41, 5.74) is 4.57. The molecule has 2 amide bonds. The Bertz CT molecular complexity index is 273. The SMILES string of the molecule is CCCC(C(=O)NCC(C)(C)C(N)=O)C(C)C. The molecule has 0 radical (unpaired) electrons. The maximum Gasteiger partial charge on any atom is 0.224 e. The first-order valence-corrected chi connectivity index (χ1v) is 6.30. The maximum absolute atomic E-state index is 12.0. The van der Waals surface area contributed by atoms with Crippen molar-refractivity contribution < 1.29 is 9.59 Å². The lowest BCUT2D eigenvalue weighted by Gasteiger charge is -2.24. The molecule has 0 spiro atoms. The zero-order valence-corrected chi connectivity index (χ0v) is 11.7. The van der Waals surface area contributed by atoms with Crippen LogP contribution in [0.4, 0.5) is 0 Å². The number of hydrogen-bond donors (Lipinski definition) is 2. The van der Waals surface area contributed by atoms with Crippen LogP contribution in [0.15, 0.2) is 0 Å². The van der Waals surface area contributed by atoms with E-state index < -0.39 is 11.3 Å². The van der Waals surface area contributed by atoms with Gasteiger partial charge in [0, 0.05) is 12.5 Å².